The molecule has 12 heteroatoms. The van der Waals surface area contributed by atoms with Gasteiger partial charge in [-0.1, -0.05) is 38.1 Å². The number of hydrogen-bond acceptors (Lipinski definition) is 6. The summed E-state index contributed by atoms with van der Waals surface area (Å²) < 4.78 is 67.3. The Bertz CT molecular complexity index is 1270. The number of aliphatic hydroxyl groups is 1. The molecule has 0 radical (unpaired) electrons. The zero-order chi connectivity index (χ0) is 27.3. The van der Waals surface area contributed by atoms with Crippen LogP contribution in [0.3, 0.4) is 0 Å². The van der Waals surface area contributed by atoms with E-state index in [4.69, 9.17) is 0 Å². The number of pyridine rings is 1. The quantitative estimate of drug-likeness (QED) is 0.584. The van der Waals surface area contributed by atoms with E-state index in [1.807, 2.05) is 12.1 Å². The SMILES string of the molecule is CN(C(=O)[C@@H]1C[C@@H](O)CN1S(C)(=O)=O)[C@@H](c1ccc(NC2Cc3ccccc3C2(C)C)cn1)C(F)(F)F. The standard InChI is InChI=1S/C25H31F3N4O4S/c1-24(2)18-8-6-5-7-15(18)11-21(24)30-16-9-10-19(29-13-16)22(25(26,27)28)31(3)23(34)20-12-17(33)14-32(20)37(4,35)36/h5-10,13,17,20-22,30,33H,11-12,14H2,1-4H3/t17-,20+,21?,22+/m1/s1. The molecule has 2 aliphatic rings. The first kappa shape index (κ1) is 27.3. The summed E-state index contributed by atoms with van der Waals surface area (Å²) in [7, 11) is -2.94. The average Bonchev–Trinajstić information content (AvgIpc) is 3.31. The van der Waals surface area contributed by atoms with Crippen LogP contribution in [0.25, 0.3) is 0 Å². The highest BCUT2D eigenvalue weighted by Crippen LogP contribution is 2.41. The van der Waals surface area contributed by atoms with Crippen molar-refractivity contribution in [2.45, 2.75) is 62.5 Å². The van der Waals surface area contributed by atoms with Gasteiger partial charge in [-0.2, -0.15) is 17.5 Å². The summed E-state index contributed by atoms with van der Waals surface area (Å²) in [5.74, 6) is -1.06. The molecule has 1 unspecified atom stereocenters. The molecule has 2 aromatic rings. The van der Waals surface area contributed by atoms with E-state index < -0.39 is 46.0 Å². The number of nitrogens with one attached hydrogen (secondary N) is 1. The highest BCUT2D eigenvalue weighted by Gasteiger charge is 2.50. The highest BCUT2D eigenvalue weighted by atomic mass is 32.2. The maximum atomic E-state index is 14.2. The Hall–Kier alpha value is -2.70. The van der Waals surface area contributed by atoms with Crippen molar-refractivity contribution in [3.8, 4) is 0 Å². The second-order valence-electron chi connectivity index (χ2n) is 10.4. The molecule has 1 aromatic carbocycles. The predicted molar refractivity (Wildman–Crippen MR) is 132 cm³/mol. The third kappa shape index (κ3) is 5.32. The Kier molecular flexibility index (Phi) is 7.06. The molecule has 4 rings (SSSR count). The summed E-state index contributed by atoms with van der Waals surface area (Å²) in [6, 6.07) is 7.02. The van der Waals surface area contributed by atoms with E-state index in [0.29, 0.717) is 10.6 Å². The number of amides is 1. The molecule has 0 spiro atoms. The van der Waals surface area contributed by atoms with Gasteiger partial charge in [0.1, 0.15) is 6.04 Å². The van der Waals surface area contributed by atoms with Crippen molar-refractivity contribution in [2.75, 3.05) is 25.2 Å². The number of alkyl halides is 3. The van der Waals surface area contributed by atoms with Gasteiger partial charge < -0.3 is 15.3 Å². The summed E-state index contributed by atoms with van der Waals surface area (Å²) in [6.07, 6.45) is -3.36. The lowest BCUT2D eigenvalue weighted by atomic mass is 9.83. The molecule has 0 bridgehead atoms. The van der Waals surface area contributed by atoms with E-state index in [0.717, 1.165) is 24.0 Å². The van der Waals surface area contributed by atoms with Gasteiger partial charge >= 0.3 is 6.18 Å². The molecular weight excluding hydrogens is 509 g/mol. The first-order valence-electron chi connectivity index (χ1n) is 11.9. The van der Waals surface area contributed by atoms with Crippen molar-refractivity contribution in [3.63, 3.8) is 0 Å². The zero-order valence-corrected chi connectivity index (χ0v) is 21.8. The Balaban J connectivity index is 1.55. The van der Waals surface area contributed by atoms with E-state index in [1.54, 1.807) is 0 Å². The number of carbonyl (C=O) groups is 1. The third-order valence-electron chi connectivity index (χ3n) is 7.40. The molecule has 202 valence electrons. The number of nitrogens with zero attached hydrogens (tertiary/aromatic N) is 3. The van der Waals surface area contributed by atoms with E-state index >= 15 is 0 Å². The van der Waals surface area contributed by atoms with Crippen LogP contribution in [0.1, 0.15) is 43.1 Å². The second kappa shape index (κ2) is 9.55. The lowest BCUT2D eigenvalue weighted by Gasteiger charge is -2.33. The number of hydrogen-bond donors (Lipinski definition) is 2. The van der Waals surface area contributed by atoms with Crippen LogP contribution in [0.4, 0.5) is 18.9 Å². The first-order chi connectivity index (χ1) is 17.1. The predicted octanol–water partition coefficient (Wildman–Crippen LogP) is 2.85. The van der Waals surface area contributed by atoms with Crippen molar-refractivity contribution in [1.29, 1.82) is 0 Å². The van der Waals surface area contributed by atoms with E-state index in [9.17, 15) is 31.5 Å². The van der Waals surface area contributed by atoms with Crippen LogP contribution in [0, 0.1) is 0 Å². The average molecular weight is 541 g/mol. The molecule has 4 atom stereocenters. The smallest absolute Gasteiger partial charge is 0.392 e. The van der Waals surface area contributed by atoms with Crippen LogP contribution in [-0.2, 0) is 26.7 Å². The van der Waals surface area contributed by atoms with Gasteiger partial charge in [0.05, 0.1) is 29.9 Å². The summed E-state index contributed by atoms with van der Waals surface area (Å²) >= 11 is 0. The molecule has 1 amide bonds. The minimum atomic E-state index is -4.87. The number of rotatable bonds is 6. The van der Waals surface area contributed by atoms with Gasteiger partial charge in [-0.15, -0.1) is 0 Å². The number of anilines is 1. The van der Waals surface area contributed by atoms with E-state index in [1.165, 1.54) is 29.5 Å². The molecule has 37 heavy (non-hydrogen) atoms. The number of benzene rings is 1. The first-order valence-corrected chi connectivity index (χ1v) is 13.7. The molecule has 1 aromatic heterocycles. The second-order valence-corrected chi connectivity index (χ2v) is 12.3. The van der Waals surface area contributed by atoms with E-state index in [2.05, 4.69) is 36.3 Å². The molecule has 2 N–H and O–H groups in total. The molecule has 8 nitrogen and oxygen atoms in total. The van der Waals surface area contributed by atoms with Gasteiger partial charge in [0.25, 0.3) is 0 Å². The van der Waals surface area contributed by atoms with E-state index in [-0.39, 0.29) is 24.4 Å². The van der Waals surface area contributed by atoms with Crippen LogP contribution in [-0.4, -0.2) is 77.8 Å². The monoisotopic (exact) mass is 540 g/mol. The number of sulfonamides is 1. The normalized spacial score (nSPS) is 24.5. The van der Waals surface area contributed by atoms with Crippen molar-refractivity contribution >= 4 is 21.6 Å². The molecule has 1 aliphatic carbocycles. The van der Waals surface area contributed by atoms with Crippen molar-refractivity contribution in [2.24, 2.45) is 0 Å². The fraction of sp³-hybridized carbons (Fsp3) is 0.520. The Morgan fingerprint density at radius 3 is 2.49 bits per heavy atom. The molecule has 0 saturated carbocycles. The number of fused-ring (bicyclic) bond motifs is 1. The minimum absolute atomic E-state index is 0.0102. The van der Waals surface area contributed by atoms with Crippen LogP contribution < -0.4 is 5.32 Å². The summed E-state index contributed by atoms with van der Waals surface area (Å²) in [5.41, 5.74) is 2.38. The third-order valence-corrected chi connectivity index (χ3v) is 8.66. The largest absolute Gasteiger partial charge is 0.414 e. The van der Waals surface area contributed by atoms with Gasteiger partial charge in [-0.3, -0.25) is 9.78 Å². The Morgan fingerprint density at radius 1 is 1.24 bits per heavy atom. The number of aromatic nitrogens is 1. The summed E-state index contributed by atoms with van der Waals surface area (Å²) in [4.78, 5) is 17.6. The number of likely N-dealkylation sites (N-methyl/N-ethyl adjacent to an activating group) is 1. The Labute approximate surface area is 214 Å². The number of carbonyl (C=O) groups excluding carboxylic acids is 1. The van der Waals surface area contributed by atoms with Gasteiger partial charge in [-0.25, -0.2) is 8.42 Å². The van der Waals surface area contributed by atoms with Crippen LogP contribution in [0.2, 0.25) is 0 Å². The number of β-amino-alcohol motifs (C(OH)–C–C–N with tert-alkyl or cyclic N) is 1. The fourth-order valence-electron chi connectivity index (χ4n) is 5.40. The Morgan fingerprint density at radius 2 is 1.92 bits per heavy atom. The number of halogens is 3. The van der Waals surface area contributed by atoms with Crippen LogP contribution in [0.5, 0.6) is 0 Å². The van der Waals surface area contributed by atoms with Gasteiger partial charge in [-0.05, 0) is 29.7 Å². The highest BCUT2D eigenvalue weighted by molar-refractivity contribution is 7.88. The summed E-state index contributed by atoms with van der Waals surface area (Å²) in [5, 5.41) is 13.3. The fourth-order valence-corrected chi connectivity index (χ4v) is 6.48. The lowest BCUT2D eigenvalue weighted by molar-refractivity contribution is -0.190. The van der Waals surface area contributed by atoms with Gasteiger partial charge in [0.15, 0.2) is 6.04 Å². The molecule has 1 fully saturated rings. The molecular formula is C25H31F3N4O4S. The summed E-state index contributed by atoms with van der Waals surface area (Å²) in [6.45, 7) is 3.87. The van der Waals surface area contributed by atoms with Crippen molar-refractivity contribution < 1.29 is 31.5 Å². The maximum Gasteiger partial charge on any atom is 0.414 e. The van der Waals surface area contributed by atoms with Crippen molar-refractivity contribution in [3.05, 3.63) is 59.4 Å². The van der Waals surface area contributed by atoms with Crippen molar-refractivity contribution in [1.82, 2.24) is 14.2 Å². The lowest BCUT2D eigenvalue weighted by Crippen LogP contribution is -2.49. The minimum Gasteiger partial charge on any atom is -0.392 e. The van der Waals surface area contributed by atoms with Crippen LogP contribution >= 0.6 is 0 Å². The molecule has 2 heterocycles. The molecule has 1 saturated heterocycles. The van der Waals surface area contributed by atoms with Gasteiger partial charge in [0.2, 0.25) is 15.9 Å². The molecule has 1 aliphatic heterocycles. The van der Waals surface area contributed by atoms with Crippen LogP contribution in [0.15, 0.2) is 42.6 Å². The zero-order valence-electron chi connectivity index (χ0n) is 21.0. The topological polar surface area (TPSA) is 103 Å². The maximum absolute atomic E-state index is 14.2. The van der Waals surface area contributed by atoms with Gasteiger partial charge in [0, 0.05) is 31.5 Å². The number of aliphatic hydroxyl groups excluding tert-OH is 1.